The van der Waals surface area contributed by atoms with E-state index >= 15 is 0 Å². The molecule has 0 aromatic carbocycles. The first-order chi connectivity index (χ1) is 4.26. The summed E-state index contributed by atoms with van der Waals surface area (Å²) in [6.45, 7) is 5.60. The van der Waals surface area contributed by atoms with Gasteiger partial charge in [0.2, 0.25) is 0 Å². The van der Waals surface area contributed by atoms with E-state index in [1.807, 2.05) is 13.8 Å². The van der Waals surface area contributed by atoms with Crippen LogP contribution in [0.5, 0.6) is 0 Å². The van der Waals surface area contributed by atoms with Gasteiger partial charge < -0.3 is 5.11 Å². The standard InChI is InChI=1S/C6H14NOS/c1-4-7(5-2)6(8)9-3/h8H,4-5H2,1-3H3/p-1. The number of hydrogen-bond donors (Lipinski definition) is 0. The second kappa shape index (κ2) is 4.85. The van der Waals surface area contributed by atoms with Gasteiger partial charge in [0.15, 0.2) is 0 Å². The van der Waals surface area contributed by atoms with Gasteiger partial charge in [-0.25, -0.2) is 0 Å². The first-order valence-electron chi connectivity index (χ1n) is 3.09. The van der Waals surface area contributed by atoms with Crippen molar-refractivity contribution in [3.8, 4) is 0 Å². The molecule has 0 unspecified atom stereocenters. The van der Waals surface area contributed by atoms with E-state index in [2.05, 4.69) is 0 Å². The van der Waals surface area contributed by atoms with Crippen LogP contribution in [0.2, 0.25) is 0 Å². The van der Waals surface area contributed by atoms with Crippen LogP contribution in [-0.4, -0.2) is 29.4 Å². The molecule has 9 heavy (non-hydrogen) atoms. The van der Waals surface area contributed by atoms with E-state index in [9.17, 15) is 5.11 Å². The van der Waals surface area contributed by atoms with Crippen molar-refractivity contribution in [3.63, 3.8) is 0 Å². The molecule has 0 aromatic rings. The van der Waals surface area contributed by atoms with Crippen LogP contribution in [0.4, 0.5) is 0 Å². The fraction of sp³-hybridized carbons (Fsp3) is 0.833. The van der Waals surface area contributed by atoms with Gasteiger partial charge in [0.25, 0.3) is 0 Å². The van der Waals surface area contributed by atoms with Crippen LogP contribution in [0.3, 0.4) is 0 Å². The molecule has 0 saturated heterocycles. The van der Waals surface area contributed by atoms with Crippen LogP contribution in [0.15, 0.2) is 0 Å². The molecule has 0 aliphatic rings. The van der Waals surface area contributed by atoms with E-state index in [1.165, 1.54) is 11.4 Å². The van der Waals surface area contributed by atoms with Gasteiger partial charge in [0.05, 0.1) is 0 Å². The molecular formula is C6H13NOS-. The average Bonchev–Trinajstić information content (AvgIpc) is 1.90. The van der Waals surface area contributed by atoms with E-state index in [-0.39, 0.29) is 5.17 Å². The maximum Gasteiger partial charge on any atom is -0.000634 e. The van der Waals surface area contributed by atoms with Gasteiger partial charge >= 0.3 is 0 Å². The van der Waals surface area contributed by atoms with Crippen molar-refractivity contribution in [2.45, 2.75) is 13.8 Å². The highest BCUT2D eigenvalue weighted by atomic mass is 32.1. The molecule has 0 spiro atoms. The molecule has 0 aliphatic heterocycles. The van der Waals surface area contributed by atoms with Gasteiger partial charge in [0, 0.05) is 0 Å². The number of hydrogen-bond acceptors (Lipinski definition) is 1. The number of rotatable bonds is 2. The Morgan fingerprint density at radius 2 is 1.89 bits per heavy atom. The summed E-state index contributed by atoms with van der Waals surface area (Å²) in [5, 5.41) is 11.0. The van der Waals surface area contributed by atoms with Gasteiger partial charge in [-0.3, -0.25) is 4.90 Å². The first kappa shape index (κ1) is 9.01. The Labute approximate surface area is 60.4 Å². The minimum Gasteiger partial charge on any atom is -0.810 e. The van der Waals surface area contributed by atoms with Crippen molar-refractivity contribution in [1.29, 1.82) is 0 Å². The van der Waals surface area contributed by atoms with Crippen LogP contribution in [-0.2, 0) is 0 Å². The molecule has 0 aliphatic carbocycles. The second-order valence-electron chi connectivity index (χ2n) is 1.64. The molecule has 0 heterocycles. The third-order valence-corrected chi connectivity index (χ3v) is 1.80. The predicted octanol–water partition coefficient (Wildman–Crippen LogP) is 0.139. The first-order valence-corrected chi connectivity index (χ1v) is 4.31. The largest absolute Gasteiger partial charge is 0.810 e. The Kier molecular flexibility index (Phi) is 4.85. The van der Waals surface area contributed by atoms with Crippen molar-refractivity contribution >= 4 is 16.5 Å². The van der Waals surface area contributed by atoms with Crippen LogP contribution < -0.4 is 5.11 Å². The Hall–Kier alpha value is 0.01000. The molecule has 0 atom stereocenters. The van der Waals surface area contributed by atoms with Crippen molar-refractivity contribution in [2.24, 2.45) is 0 Å². The summed E-state index contributed by atoms with van der Waals surface area (Å²) >= 11 is 1.27. The highest BCUT2D eigenvalue weighted by Crippen LogP contribution is 1.88. The smallest absolute Gasteiger partial charge is 0.000634 e. The van der Waals surface area contributed by atoms with E-state index in [1.54, 1.807) is 11.2 Å². The van der Waals surface area contributed by atoms with Crippen LogP contribution >= 0.6 is 11.4 Å². The summed E-state index contributed by atoms with van der Waals surface area (Å²) in [6, 6.07) is 0. The summed E-state index contributed by atoms with van der Waals surface area (Å²) in [5.41, 5.74) is 0. The van der Waals surface area contributed by atoms with E-state index in [4.69, 9.17) is 0 Å². The van der Waals surface area contributed by atoms with E-state index in [0.717, 1.165) is 13.1 Å². The van der Waals surface area contributed by atoms with Crippen LogP contribution in [0.1, 0.15) is 13.8 Å². The minimum absolute atomic E-state index is 0.167. The lowest BCUT2D eigenvalue weighted by Gasteiger charge is -2.24. The zero-order valence-corrected chi connectivity index (χ0v) is 6.99. The van der Waals surface area contributed by atoms with Gasteiger partial charge in [0.1, 0.15) is 0 Å². The maximum absolute atomic E-state index is 10.9. The van der Waals surface area contributed by atoms with Crippen molar-refractivity contribution in [2.75, 3.05) is 19.3 Å². The fourth-order valence-electron chi connectivity index (χ4n) is 0.611. The molecule has 0 saturated carbocycles. The molecule has 0 aromatic heterocycles. The molecule has 55 valence electrons. The Morgan fingerprint density at radius 3 is 2.00 bits per heavy atom. The molecule has 1 radical (unpaired) electrons. The molecule has 0 N–H and O–H groups in total. The molecule has 0 amide bonds. The normalized spacial score (nSPS) is 12.8. The Balaban J connectivity index is 3.79. The van der Waals surface area contributed by atoms with Crippen LogP contribution in [0.25, 0.3) is 0 Å². The highest BCUT2D eigenvalue weighted by molar-refractivity contribution is 7.97. The number of nitrogens with zero attached hydrogens (tertiary/aromatic N) is 1. The van der Waals surface area contributed by atoms with Crippen LogP contribution in [0, 0.1) is 0 Å². The van der Waals surface area contributed by atoms with Gasteiger partial charge in [-0.2, -0.15) is 11.4 Å². The predicted molar refractivity (Wildman–Crippen MR) is 41.4 cm³/mol. The summed E-state index contributed by atoms with van der Waals surface area (Å²) in [6.07, 6.45) is 1.81. The molecule has 0 fully saturated rings. The van der Waals surface area contributed by atoms with E-state index in [0.29, 0.717) is 0 Å². The molecular weight excluding hydrogens is 134 g/mol. The van der Waals surface area contributed by atoms with Crippen molar-refractivity contribution in [1.82, 2.24) is 4.90 Å². The zero-order valence-electron chi connectivity index (χ0n) is 6.18. The topological polar surface area (TPSA) is 26.3 Å². The molecule has 0 rings (SSSR count). The lowest BCUT2D eigenvalue weighted by atomic mass is 10.6. The molecule has 0 bridgehead atoms. The monoisotopic (exact) mass is 147 g/mol. The lowest BCUT2D eigenvalue weighted by Crippen LogP contribution is -2.38. The molecule has 2 nitrogen and oxygen atoms in total. The second-order valence-corrected chi connectivity index (χ2v) is 2.40. The van der Waals surface area contributed by atoms with Crippen molar-refractivity contribution in [3.05, 3.63) is 0 Å². The quantitative estimate of drug-likeness (QED) is 0.519. The van der Waals surface area contributed by atoms with Gasteiger partial charge in [-0.05, 0) is 24.5 Å². The van der Waals surface area contributed by atoms with Gasteiger partial charge in [-0.1, -0.05) is 13.8 Å². The third-order valence-electron chi connectivity index (χ3n) is 1.20. The zero-order chi connectivity index (χ0) is 7.28. The fourth-order valence-corrected chi connectivity index (χ4v) is 1.13. The highest BCUT2D eigenvalue weighted by Gasteiger charge is 1.92. The maximum atomic E-state index is 10.9. The Morgan fingerprint density at radius 1 is 1.44 bits per heavy atom. The van der Waals surface area contributed by atoms with Crippen molar-refractivity contribution < 1.29 is 5.11 Å². The molecule has 3 heteroatoms. The Bertz CT molecular complexity index is 99.2. The summed E-state index contributed by atoms with van der Waals surface area (Å²) in [5.74, 6) is 0. The summed E-state index contributed by atoms with van der Waals surface area (Å²) in [7, 11) is 0. The average molecular weight is 147 g/mol. The lowest BCUT2D eigenvalue weighted by molar-refractivity contribution is -0.227. The summed E-state index contributed by atoms with van der Waals surface area (Å²) < 4.78 is 0. The summed E-state index contributed by atoms with van der Waals surface area (Å²) in [4.78, 5) is 1.80. The SMILES string of the molecule is CCN(CC)C([O-])=[S]C. The third kappa shape index (κ3) is 2.89. The van der Waals surface area contributed by atoms with Gasteiger partial charge in [-0.15, -0.1) is 0 Å². The van der Waals surface area contributed by atoms with E-state index < -0.39 is 0 Å². The minimum atomic E-state index is 0.167.